The molecule has 0 saturated heterocycles. The number of unbranched alkanes of at least 4 members (excludes halogenated alkanes) is 22. The number of carbonyl (C=O) groups is 2. The second-order valence-electron chi connectivity index (χ2n) is 20.6. The third-order valence-electron chi connectivity index (χ3n) is 14.5. The minimum Gasteiger partial charge on any atom is -0.434 e. The highest BCUT2D eigenvalue weighted by molar-refractivity contribution is 5.76. The van der Waals surface area contributed by atoms with Crippen LogP contribution in [0.25, 0.3) is 0 Å². The molecule has 0 aromatic carbocycles. The van der Waals surface area contributed by atoms with Crippen LogP contribution in [0.2, 0.25) is 0 Å². The standard InChI is InChI=1S/C57H113N3O5/c1-5-9-13-17-20-28-38-53(37-27-16-12-8-4)51-56(62)58-43-33-25-35-45-60(55-41-31-23-24-32-42-55)47-46-59(48-49-61)44-34-26-36-50-64-57(63)65-52-54(39-29-21-18-14-10-6-2)40-30-22-19-15-11-7-3/h53-55,61H,5-52H2,1-4H3,(H,58,62). The van der Waals surface area contributed by atoms with Crippen LogP contribution in [-0.4, -0.2) is 92.1 Å². The van der Waals surface area contributed by atoms with Crippen LogP contribution in [0.4, 0.5) is 4.79 Å². The van der Waals surface area contributed by atoms with Gasteiger partial charge in [0.2, 0.25) is 5.91 Å². The summed E-state index contributed by atoms with van der Waals surface area (Å²) in [5, 5.41) is 13.3. The van der Waals surface area contributed by atoms with Gasteiger partial charge in [-0.25, -0.2) is 4.79 Å². The molecule has 0 spiro atoms. The predicted octanol–water partition coefficient (Wildman–Crippen LogP) is 15.8. The highest BCUT2D eigenvalue weighted by Crippen LogP contribution is 2.25. The van der Waals surface area contributed by atoms with E-state index in [9.17, 15) is 14.7 Å². The van der Waals surface area contributed by atoms with Gasteiger partial charge in [-0.2, -0.15) is 0 Å². The fourth-order valence-corrected chi connectivity index (χ4v) is 10.2. The lowest BCUT2D eigenvalue weighted by molar-refractivity contribution is -0.122. The van der Waals surface area contributed by atoms with Crippen LogP contribution in [0.5, 0.6) is 0 Å². The number of amides is 1. The quantitative estimate of drug-likeness (QED) is 0.0357. The molecule has 1 rings (SSSR count). The van der Waals surface area contributed by atoms with Gasteiger partial charge >= 0.3 is 6.16 Å². The SMILES string of the molecule is CCCCCCCCC(CCCCCCCC)COC(=O)OCCCCCN(CCO)CCN(CCCCCNC(=O)CC(CCCCCC)CCCCCCCC)C1CCCCCC1. The maximum Gasteiger partial charge on any atom is 0.508 e. The lowest BCUT2D eigenvalue weighted by atomic mass is 9.91. The Morgan fingerprint density at radius 2 is 0.985 bits per heavy atom. The van der Waals surface area contributed by atoms with Gasteiger partial charge in [-0.1, -0.05) is 201 Å². The predicted molar refractivity (Wildman–Crippen MR) is 279 cm³/mol. The molecular weight excluding hydrogens is 807 g/mol. The van der Waals surface area contributed by atoms with Crippen molar-refractivity contribution >= 4 is 12.1 Å². The Balaban J connectivity index is 2.45. The van der Waals surface area contributed by atoms with Crippen molar-refractivity contribution < 1.29 is 24.2 Å². The van der Waals surface area contributed by atoms with E-state index in [1.165, 1.54) is 199 Å². The van der Waals surface area contributed by atoms with Crippen LogP contribution in [-0.2, 0) is 14.3 Å². The number of ether oxygens (including phenoxy) is 2. The second-order valence-corrected chi connectivity index (χ2v) is 20.6. The van der Waals surface area contributed by atoms with E-state index >= 15 is 0 Å². The molecule has 1 unspecified atom stereocenters. The van der Waals surface area contributed by atoms with Gasteiger partial charge in [0.15, 0.2) is 0 Å². The summed E-state index contributed by atoms with van der Waals surface area (Å²) in [4.78, 5) is 30.8. The van der Waals surface area contributed by atoms with Crippen molar-refractivity contribution in [3.8, 4) is 0 Å². The molecule has 1 saturated carbocycles. The molecule has 8 heteroatoms. The number of nitrogens with zero attached hydrogens (tertiary/aromatic N) is 2. The molecule has 1 fully saturated rings. The molecule has 65 heavy (non-hydrogen) atoms. The number of hydrogen-bond donors (Lipinski definition) is 2. The van der Waals surface area contributed by atoms with Crippen molar-refractivity contribution in [2.24, 2.45) is 11.8 Å². The Kier molecular flexibility index (Phi) is 45.2. The summed E-state index contributed by atoms with van der Waals surface area (Å²) >= 11 is 0. The summed E-state index contributed by atoms with van der Waals surface area (Å²) in [5.74, 6) is 1.26. The summed E-state index contributed by atoms with van der Waals surface area (Å²) in [7, 11) is 0. The molecule has 0 aromatic heterocycles. The lowest BCUT2D eigenvalue weighted by Crippen LogP contribution is -2.42. The maximum atomic E-state index is 13.0. The number of carbonyl (C=O) groups excluding carboxylic acids is 2. The van der Waals surface area contributed by atoms with Gasteiger partial charge in [0, 0.05) is 38.6 Å². The smallest absolute Gasteiger partial charge is 0.434 e. The molecule has 2 N–H and O–H groups in total. The molecule has 1 aliphatic carbocycles. The van der Waals surface area contributed by atoms with Crippen molar-refractivity contribution in [3.05, 3.63) is 0 Å². The van der Waals surface area contributed by atoms with E-state index in [1.807, 2.05) is 0 Å². The first-order chi connectivity index (χ1) is 32.0. The third-order valence-corrected chi connectivity index (χ3v) is 14.5. The van der Waals surface area contributed by atoms with Crippen molar-refractivity contribution in [3.63, 3.8) is 0 Å². The topological polar surface area (TPSA) is 91.3 Å². The second kappa shape index (κ2) is 47.7. The summed E-state index contributed by atoms with van der Waals surface area (Å²) < 4.78 is 11.2. The van der Waals surface area contributed by atoms with Crippen LogP contribution in [0.15, 0.2) is 0 Å². The molecule has 8 nitrogen and oxygen atoms in total. The molecule has 0 aliphatic heterocycles. The van der Waals surface area contributed by atoms with Crippen LogP contribution in [0.1, 0.15) is 278 Å². The average Bonchev–Trinajstić information content (AvgIpc) is 3.60. The summed E-state index contributed by atoms with van der Waals surface area (Å²) in [6, 6.07) is 0.660. The zero-order valence-electron chi connectivity index (χ0n) is 44.1. The van der Waals surface area contributed by atoms with Crippen molar-refractivity contribution in [1.82, 2.24) is 15.1 Å². The lowest BCUT2D eigenvalue weighted by Gasteiger charge is -2.33. The monoisotopic (exact) mass is 920 g/mol. The van der Waals surface area contributed by atoms with E-state index in [0.29, 0.717) is 44.1 Å². The van der Waals surface area contributed by atoms with E-state index in [-0.39, 0.29) is 12.5 Å². The van der Waals surface area contributed by atoms with E-state index in [1.54, 1.807) is 0 Å². The normalized spacial score (nSPS) is 14.1. The Morgan fingerprint density at radius 1 is 0.508 bits per heavy atom. The highest BCUT2D eigenvalue weighted by Gasteiger charge is 2.21. The minimum atomic E-state index is -0.498. The number of aliphatic hydroxyl groups is 1. The average molecular weight is 921 g/mol. The Labute approximate surface area is 405 Å². The molecule has 386 valence electrons. The van der Waals surface area contributed by atoms with Gasteiger partial charge in [-0.15, -0.1) is 0 Å². The van der Waals surface area contributed by atoms with E-state index < -0.39 is 6.16 Å². The third kappa shape index (κ3) is 39.2. The van der Waals surface area contributed by atoms with Crippen LogP contribution >= 0.6 is 0 Å². The fraction of sp³-hybridized carbons (Fsp3) is 0.965. The first-order valence-corrected chi connectivity index (χ1v) is 29.1. The molecule has 1 aliphatic rings. The Bertz CT molecular complexity index is 991. The highest BCUT2D eigenvalue weighted by atomic mass is 16.7. The van der Waals surface area contributed by atoms with Gasteiger partial charge in [-0.05, 0) is 95.6 Å². The zero-order chi connectivity index (χ0) is 47.1. The zero-order valence-corrected chi connectivity index (χ0v) is 44.1. The molecule has 0 heterocycles. The van der Waals surface area contributed by atoms with Crippen molar-refractivity contribution in [2.45, 2.75) is 284 Å². The molecule has 1 atom stereocenters. The van der Waals surface area contributed by atoms with Gasteiger partial charge in [0.05, 0.1) is 19.8 Å². The number of rotatable bonds is 48. The molecule has 0 bridgehead atoms. The first-order valence-electron chi connectivity index (χ1n) is 29.1. The minimum absolute atomic E-state index is 0.182. The summed E-state index contributed by atoms with van der Waals surface area (Å²) in [6.45, 7) is 15.8. The number of hydrogen-bond acceptors (Lipinski definition) is 7. The molecule has 1 amide bonds. The van der Waals surface area contributed by atoms with Crippen LogP contribution < -0.4 is 5.32 Å². The van der Waals surface area contributed by atoms with E-state index in [0.717, 1.165) is 77.7 Å². The number of nitrogens with one attached hydrogen (secondary N) is 1. The molecule has 0 radical (unpaired) electrons. The van der Waals surface area contributed by atoms with E-state index in [4.69, 9.17) is 9.47 Å². The Hall–Kier alpha value is -1.38. The van der Waals surface area contributed by atoms with Crippen LogP contribution in [0.3, 0.4) is 0 Å². The maximum absolute atomic E-state index is 13.0. The van der Waals surface area contributed by atoms with Gasteiger partial charge in [0.1, 0.15) is 0 Å². The van der Waals surface area contributed by atoms with Crippen LogP contribution in [0, 0.1) is 11.8 Å². The van der Waals surface area contributed by atoms with Crippen molar-refractivity contribution in [1.29, 1.82) is 0 Å². The Morgan fingerprint density at radius 3 is 1.54 bits per heavy atom. The van der Waals surface area contributed by atoms with Gasteiger partial charge < -0.3 is 19.9 Å². The van der Waals surface area contributed by atoms with Gasteiger partial charge in [0.25, 0.3) is 0 Å². The van der Waals surface area contributed by atoms with E-state index in [2.05, 4.69) is 42.8 Å². The molecule has 0 aromatic rings. The van der Waals surface area contributed by atoms with Gasteiger partial charge in [-0.3, -0.25) is 14.6 Å². The largest absolute Gasteiger partial charge is 0.508 e. The molecular formula is C57H113N3O5. The fourth-order valence-electron chi connectivity index (χ4n) is 10.2. The number of aliphatic hydroxyl groups excluding tert-OH is 1. The first kappa shape index (κ1) is 61.6. The summed E-state index contributed by atoms with van der Waals surface area (Å²) in [5.41, 5.74) is 0. The summed E-state index contributed by atoms with van der Waals surface area (Å²) in [6.07, 6.45) is 47.9. The van der Waals surface area contributed by atoms with Crippen molar-refractivity contribution in [2.75, 3.05) is 59.1 Å².